The minimum atomic E-state index is -0.550. The van der Waals surface area contributed by atoms with Gasteiger partial charge in [0.25, 0.3) is 0 Å². The standard InChI is InChI=1S/C8H4O3.C4H10.2H3N/c9-7-5-3-1-2-4-6(5)8(10)11-7;1-3-4-2;;/h1-4H;3-4H2,1-2H3;2*1H3. The first kappa shape index (κ1) is 17.7. The summed E-state index contributed by atoms with van der Waals surface area (Å²) in [5.74, 6) is -1.10. The molecule has 0 aliphatic carbocycles. The molecule has 5 heteroatoms. The maximum atomic E-state index is 10.8. The Morgan fingerprint density at radius 1 is 0.882 bits per heavy atom. The molecular formula is C12H20N2O3. The first-order valence-electron chi connectivity index (χ1n) is 5.06. The molecule has 0 saturated heterocycles. The van der Waals surface area contributed by atoms with E-state index in [9.17, 15) is 9.59 Å². The Hall–Kier alpha value is -1.72. The summed E-state index contributed by atoms with van der Waals surface area (Å²) in [6, 6.07) is 6.53. The van der Waals surface area contributed by atoms with Crippen LogP contribution in [0.25, 0.3) is 0 Å². The van der Waals surface area contributed by atoms with Gasteiger partial charge in [0.05, 0.1) is 11.1 Å². The molecule has 0 amide bonds. The van der Waals surface area contributed by atoms with Crippen LogP contribution in [0.4, 0.5) is 0 Å². The van der Waals surface area contributed by atoms with Crippen LogP contribution in [0.15, 0.2) is 24.3 Å². The predicted octanol–water partition coefficient (Wildman–Crippen LogP) is 3.13. The maximum absolute atomic E-state index is 10.8. The Morgan fingerprint density at radius 3 is 1.53 bits per heavy atom. The molecule has 17 heavy (non-hydrogen) atoms. The van der Waals surface area contributed by atoms with E-state index >= 15 is 0 Å². The second-order valence-electron chi connectivity index (χ2n) is 3.22. The molecule has 0 bridgehead atoms. The monoisotopic (exact) mass is 240 g/mol. The average molecular weight is 240 g/mol. The van der Waals surface area contributed by atoms with Crippen molar-refractivity contribution < 1.29 is 14.3 Å². The zero-order valence-electron chi connectivity index (χ0n) is 10.4. The van der Waals surface area contributed by atoms with Crippen LogP contribution in [-0.4, -0.2) is 11.9 Å². The summed E-state index contributed by atoms with van der Waals surface area (Å²) < 4.78 is 4.35. The highest BCUT2D eigenvalue weighted by atomic mass is 16.6. The van der Waals surface area contributed by atoms with E-state index in [0.29, 0.717) is 11.1 Å². The van der Waals surface area contributed by atoms with Crippen molar-refractivity contribution in [1.29, 1.82) is 0 Å². The summed E-state index contributed by atoms with van der Waals surface area (Å²) >= 11 is 0. The van der Waals surface area contributed by atoms with E-state index in [1.165, 1.54) is 12.8 Å². The SMILES string of the molecule is CCCC.N.N.O=C1OC(=O)c2ccccc21. The zero-order chi connectivity index (χ0) is 11.3. The van der Waals surface area contributed by atoms with Crippen molar-refractivity contribution in [2.75, 3.05) is 0 Å². The number of unbranched alkanes of at least 4 members (excludes halogenated alkanes) is 1. The number of fused-ring (bicyclic) bond motifs is 1. The molecule has 0 saturated carbocycles. The molecule has 1 aliphatic rings. The Labute approximate surface area is 101 Å². The lowest BCUT2D eigenvalue weighted by Gasteiger charge is -1.86. The van der Waals surface area contributed by atoms with Crippen molar-refractivity contribution in [3.63, 3.8) is 0 Å². The molecule has 0 spiro atoms. The molecule has 1 aromatic carbocycles. The van der Waals surface area contributed by atoms with Gasteiger partial charge in [-0.05, 0) is 12.1 Å². The van der Waals surface area contributed by atoms with Crippen LogP contribution < -0.4 is 12.3 Å². The Morgan fingerprint density at radius 2 is 1.24 bits per heavy atom. The number of rotatable bonds is 1. The molecular weight excluding hydrogens is 220 g/mol. The van der Waals surface area contributed by atoms with E-state index in [-0.39, 0.29) is 12.3 Å². The summed E-state index contributed by atoms with van der Waals surface area (Å²) in [5, 5.41) is 0. The molecule has 1 aliphatic heterocycles. The normalized spacial score (nSPS) is 11.2. The number of benzene rings is 1. The second-order valence-corrected chi connectivity index (χ2v) is 3.22. The van der Waals surface area contributed by atoms with Gasteiger partial charge >= 0.3 is 11.9 Å². The van der Waals surface area contributed by atoms with Gasteiger partial charge in [0, 0.05) is 0 Å². The van der Waals surface area contributed by atoms with Gasteiger partial charge in [-0.15, -0.1) is 0 Å². The molecule has 6 N–H and O–H groups in total. The summed E-state index contributed by atoms with van der Waals surface area (Å²) in [4.78, 5) is 21.7. The number of cyclic esters (lactones) is 2. The topological polar surface area (TPSA) is 113 Å². The fourth-order valence-corrected chi connectivity index (χ4v) is 1.03. The largest absolute Gasteiger partial charge is 0.386 e. The van der Waals surface area contributed by atoms with Crippen LogP contribution in [0.3, 0.4) is 0 Å². The minimum absolute atomic E-state index is 0. The first-order chi connectivity index (χ1) is 7.20. The molecule has 0 fully saturated rings. The summed E-state index contributed by atoms with van der Waals surface area (Å²) in [6.07, 6.45) is 2.64. The third kappa shape index (κ3) is 4.34. The summed E-state index contributed by atoms with van der Waals surface area (Å²) in [7, 11) is 0. The molecule has 0 aromatic heterocycles. The highest BCUT2D eigenvalue weighted by molar-refractivity contribution is 6.14. The van der Waals surface area contributed by atoms with Gasteiger partial charge < -0.3 is 17.0 Å². The van der Waals surface area contributed by atoms with Crippen LogP contribution in [0.5, 0.6) is 0 Å². The van der Waals surface area contributed by atoms with Crippen molar-refractivity contribution >= 4 is 11.9 Å². The van der Waals surface area contributed by atoms with E-state index in [1.807, 2.05) is 0 Å². The number of ether oxygens (including phenoxy) is 1. The number of carbonyl (C=O) groups is 2. The zero-order valence-corrected chi connectivity index (χ0v) is 10.4. The second kappa shape index (κ2) is 8.43. The van der Waals surface area contributed by atoms with Gasteiger partial charge in [0.1, 0.15) is 0 Å². The summed E-state index contributed by atoms with van der Waals surface area (Å²) in [6.45, 7) is 4.36. The Kier molecular flexibility index (Phi) is 8.77. The number of esters is 2. The van der Waals surface area contributed by atoms with Crippen LogP contribution in [0, 0.1) is 0 Å². The lowest BCUT2D eigenvalue weighted by atomic mass is 10.1. The van der Waals surface area contributed by atoms with E-state index < -0.39 is 11.9 Å². The minimum Gasteiger partial charge on any atom is -0.386 e. The smallest absolute Gasteiger partial charge is 0.346 e. The van der Waals surface area contributed by atoms with Crippen LogP contribution in [0.2, 0.25) is 0 Å². The van der Waals surface area contributed by atoms with Gasteiger partial charge in [0.15, 0.2) is 0 Å². The van der Waals surface area contributed by atoms with Crippen LogP contribution >= 0.6 is 0 Å². The average Bonchev–Trinajstić information content (AvgIpc) is 2.56. The summed E-state index contributed by atoms with van der Waals surface area (Å²) in [5.41, 5.74) is 0.718. The van der Waals surface area contributed by atoms with E-state index in [2.05, 4.69) is 18.6 Å². The van der Waals surface area contributed by atoms with Crippen molar-refractivity contribution in [3.05, 3.63) is 35.4 Å². The maximum Gasteiger partial charge on any atom is 0.346 e. The van der Waals surface area contributed by atoms with E-state index in [0.717, 1.165) is 0 Å². The van der Waals surface area contributed by atoms with Gasteiger partial charge in [0.2, 0.25) is 0 Å². The van der Waals surface area contributed by atoms with Crippen molar-refractivity contribution in [2.45, 2.75) is 26.7 Å². The fraction of sp³-hybridized carbons (Fsp3) is 0.333. The van der Waals surface area contributed by atoms with Crippen molar-refractivity contribution in [2.24, 2.45) is 0 Å². The highest BCUT2D eigenvalue weighted by Gasteiger charge is 2.28. The number of hydrogen-bond donors (Lipinski definition) is 2. The third-order valence-electron chi connectivity index (χ3n) is 2.05. The van der Waals surface area contributed by atoms with Gasteiger partial charge in [-0.2, -0.15) is 0 Å². The number of hydrogen-bond acceptors (Lipinski definition) is 5. The quantitative estimate of drug-likeness (QED) is 0.578. The van der Waals surface area contributed by atoms with Crippen molar-refractivity contribution in [1.82, 2.24) is 12.3 Å². The highest BCUT2D eigenvalue weighted by Crippen LogP contribution is 2.18. The Balaban J connectivity index is 0. The molecule has 1 heterocycles. The molecule has 0 radical (unpaired) electrons. The van der Waals surface area contributed by atoms with E-state index in [4.69, 9.17) is 0 Å². The molecule has 0 unspecified atom stereocenters. The lowest BCUT2D eigenvalue weighted by Crippen LogP contribution is -1.96. The lowest BCUT2D eigenvalue weighted by molar-refractivity contribution is 0.0444. The Bertz CT molecular complexity index is 343. The fourth-order valence-electron chi connectivity index (χ4n) is 1.03. The van der Waals surface area contributed by atoms with Crippen molar-refractivity contribution in [3.8, 4) is 0 Å². The molecule has 0 atom stereocenters. The van der Waals surface area contributed by atoms with Gasteiger partial charge in [-0.3, -0.25) is 0 Å². The molecule has 2 rings (SSSR count). The van der Waals surface area contributed by atoms with Crippen LogP contribution in [0.1, 0.15) is 47.4 Å². The number of carbonyl (C=O) groups excluding carboxylic acids is 2. The van der Waals surface area contributed by atoms with E-state index in [1.54, 1.807) is 24.3 Å². The first-order valence-corrected chi connectivity index (χ1v) is 5.06. The predicted molar refractivity (Wildman–Crippen MR) is 66.8 cm³/mol. The molecule has 1 aromatic rings. The van der Waals surface area contributed by atoms with Gasteiger partial charge in [-0.1, -0.05) is 38.8 Å². The molecule has 96 valence electrons. The van der Waals surface area contributed by atoms with Gasteiger partial charge in [-0.25, -0.2) is 9.59 Å². The van der Waals surface area contributed by atoms with Crippen LogP contribution in [-0.2, 0) is 4.74 Å². The molecule has 5 nitrogen and oxygen atoms in total. The third-order valence-corrected chi connectivity index (χ3v) is 2.05.